The van der Waals surface area contributed by atoms with Gasteiger partial charge < -0.3 is 15.2 Å². The second kappa shape index (κ2) is 4.91. The molecule has 4 nitrogen and oxygen atoms in total. The van der Waals surface area contributed by atoms with Gasteiger partial charge in [0.05, 0.1) is 6.04 Å². The number of nitrogens with zero attached hydrogens (tertiary/aromatic N) is 1. The highest BCUT2D eigenvalue weighted by Crippen LogP contribution is 2.30. The van der Waals surface area contributed by atoms with Gasteiger partial charge in [-0.15, -0.1) is 0 Å². The van der Waals surface area contributed by atoms with Crippen LogP contribution in [0, 0.1) is 0 Å². The lowest BCUT2D eigenvalue weighted by Crippen LogP contribution is -2.43. The van der Waals surface area contributed by atoms with Crippen molar-refractivity contribution in [1.29, 1.82) is 0 Å². The van der Waals surface area contributed by atoms with Crippen molar-refractivity contribution in [2.24, 2.45) is 0 Å². The molecule has 1 aromatic heterocycles. The summed E-state index contributed by atoms with van der Waals surface area (Å²) in [5.41, 5.74) is 0.856. The molecule has 1 aromatic rings. The first-order valence-electron chi connectivity index (χ1n) is 5.72. The Balaban J connectivity index is 1.97. The Labute approximate surface area is 102 Å². The molecule has 1 aliphatic rings. The third-order valence-electron chi connectivity index (χ3n) is 2.93. The van der Waals surface area contributed by atoms with Gasteiger partial charge in [-0.2, -0.15) is 13.2 Å². The number of likely N-dealkylation sites (tertiary alicyclic amines) is 1. The zero-order valence-electron chi connectivity index (χ0n) is 9.63. The van der Waals surface area contributed by atoms with Crippen LogP contribution < -0.4 is 5.32 Å². The number of halogens is 3. The van der Waals surface area contributed by atoms with Crippen molar-refractivity contribution in [3.05, 3.63) is 24.0 Å². The Morgan fingerprint density at radius 2 is 2.33 bits per heavy atom. The average Bonchev–Trinajstić information content (AvgIpc) is 2.94. The van der Waals surface area contributed by atoms with Gasteiger partial charge in [0.2, 0.25) is 0 Å². The molecule has 1 fully saturated rings. The lowest BCUT2D eigenvalue weighted by molar-refractivity contribution is -0.123. The first-order chi connectivity index (χ1) is 8.47. The summed E-state index contributed by atoms with van der Waals surface area (Å²) in [7, 11) is 0. The van der Waals surface area contributed by atoms with Crippen LogP contribution in [0.4, 0.5) is 18.0 Å². The number of carbonyl (C=O) groups excluding carboxylic acids is 1. The maximum atomic E-state index is 12.0. The summed E-state index contributed by atoms with van der Waals surface area (Å²) in [6.07, 6.45) is -1.08. The van der Waals surface area contributed by atoms with Gasteiger partial charge in [0.15, 0.2) is 0 Å². The normalized spacial score (nSPS) is 20.2. The van der Waals surface area contributed by atoms with Crippen molar-refractivity contribution in [2.75, 3.05) is 13.1 Å². The summed E-state index contributed by atoms with van der Waals surface area (Å²) in [6.45, 7) is -0.812. The molecular weight excluding hydrogens is 247 g/mol. The first-order valence-corrected chi connectivity index (χ1v) is 5.72. The minimum Gasteiger partial charge on any atom is -0.363 e. The van der Waals surface area contributed by atoms with Gasteiger partial charge >= 0.3 is 12.2 Å². The fourth-order valence-corrected chi connectivity index (χ4v) is 2.16. The van der Waals surface area contributed by atoms with E-state index in [2.05, 4.69) is 4.98 Å². The van der Waals surface area contributed by atoms with Crippen molar-refractivity contribution < 1.29 is 18.0 Å². The van der Waals surface area contributed by atoms with Gasteiger partial charge in [0, 0.05) is 18.4 Å². The number of aromatic amines is 1. The number of H-pyrrole nitrogens is 1. The SMILES string of the molecule is O=C(NCC(F)(F)F)N1CCCC1c1ccc[nH]1. The molecule has 2 N–H and O–H groups in total. The number of aromatic nitrogens is 1. The molecule has 100 valence electrons. The van der Waals surface area contributed by atoms with Gasteiger partial charge in [-0.1, -0.05) is 0 Å². The lowest BCUT2D eigenvalue weighted by atomic mass is 10.1. The zero-order valence-corrected chi connectivity index (χ0v) is 9.63. The van der Waals surface area contributed by atoms with Gasteiger partial charge in [0.1, 0.15) is 6.54 Å². The lowest BCUT2D eigenvalue weighted by Gasteiger charge is -2.24. The second-order valence-corrected chi connectivity index (χ2v) is 4.25. The number of rotatable bonds is 2. The summed E-state index contributed by atoms with van der Waals surface area (Å²) < 4.78 is 36.1. The number of hydrogen-bond donors (Lipinski definition) is 2. The van der Waals surface area contributed by atoms with E-state index in [4.69, 9.17) is 0 Å². The summed E-state index contributed by atoms with van der Waals surface area (Å²) in [5, 5.41) is 1.90. The maximum absolute atomic E-state index is 12.0. The quantitative estimate of drug-likeness (QED) is 0.844. The summed E-state index contributed by atoms with van der Waals surface area (Å²) in [4.78, 5) is 16.1. The predicted octanol–water partition coefficient (Wildman–Crippen LogP) is 2.42. The smallest absolute Gasteiger partial charge is 0.363 e. The van der Waals surface area contributed by atoms with Crippen molar-refractivity contribution in [3.63, 3.8) is 0 Å². The Morgan fingerprint density at radius 3 is 2.94 bits per heavy atom. The minimum absolute atomic E-state index is 0.159. The van der Waals surface area contributed by atoms with Crippen LogP contribution >= 0.6 is 0 Å². The van der Waals surface area contributed by atoms with Crippen LogP contribution in [-0.4, -0.2) is 35.2 Å². The van der Waals surface area contributed by atoms with E-state index in [-0.39, 0.29) is 6.04 Å². The monoisotopic (exact) mass is 261 g/mol. The molecule has 2 heterocycles. The molecule has 18 heavy (non-hydrogen) atoms. The molecule has 7 heteroatoms. The zero-order chi connectivity index (χ0) is 13.2. The van der Waals surface area contributed by atoms with Crippen LogP contribution in [0.2, 0.25) is 0 Å². The van der Waals surface area contributed by atoms with E-state index in [0.29, 0.717) is 6.54 Å². The molecule has 0 aromatic carbocycles. The molecule has 2 amide bonds. The Kier molecular flexibility index (Phi) is 3.49. The average molecular weight is 261 g/mol. The minimum atomic E-state index is -4.38. The Bertz CT molecular complexity index is 402. The second-order valence-electron chi connectivity index (χ2n) is 4.25. The number of alkyl halides is 3. The fraction of sp³-hybridized carbons (Fsp3) is 0.545. The highest BCUT2D eigenvalue weighted by molar-refractivity contribution is 5.75. The van der Waals surface area contributed by atoms with Crippen molar-refractivity contribution in [3.8, 4) is 0 Å². The van der Waals surface area contributed by atoms with E-state index >= 15 is 0 Å². The highest BCUT2D eigenvalue weighted by Gasteiger charge is 2.33. The Hall–Kier alpha value is -1.66. The molecule has 0 spiro atoms. The van der Waals surface area contributed by atoms with E-state index < -0.39 is 18.8 Å². The molecule has 1 saturated heterocycles. The van der Waals surface area contributed by atoms with E-state index in [1.807, 2.05) is 11.4 Å². The Morgan fingerprint density at radius 1 is 1.56 bits per heavy atom. The number of carbonyl (C=O) groups is 1. The fourth-order valence-electron chi connectivity index (χ4n) is 2.16. The van der Waals surface area contributed by atoms with Crippen LogP contribution in [0.15, 0.2) is 18.3 Å². The third kappa shape index (κ3) is 2.96. The van der Waals surface area contributed by atoms with Crippen LogP contribution in [0.25, 0.3) is 0 Å². The van der Waals surface area contributed by atoms with Crippen LogP contribution in [-0.2, 0) is 0 Å². The largest absolute Gasteiger partial charge is 0.405 e. The van der Waals surface area contributed by atoms with Gasteiger partial charge in [0.25, 0.3) is 0 Å². The van der Waals surface area contributed by atoms with E-state index in [1.54, 1.807) is 12.3 Å². The maximum Gasteiger partial charge on any atom is 0.405 e. The molecule has 2 rings (SSSR count). The van der Waals surface area contributed by atoms with Gasteiger partial charge in [-0.05, 0) is 25.0 Å². The van der Waals surface area contributed by atoms with Gasteiger partial charge in [-0.3, -0.25) is 0 Å². The molecule has 0 aliphatic carbocycles. The standard InChI is InChI=1S/C11H14F3N3O/c12-11(13,14)7-16-10(18)17-6-2-4-9(17)8-3-1-5-15-8/h1,3,5,9,15H,2,4,6-7H2,(H,16,18). The topological polar surface area (TPSA) is 48.1 Å². The third-order valence-corrected chi connectivity index (χ3v) is 2.93. The molecule has 0 saturated carbocycles. The number of amides is 2. The summed E-state index contributed by atoms with van der Waals surface area (Å²) in [5.74, 6) is 0. The first kappa shape index (κ1) is 12.8. The van der Waals surface area contributed by atoms with Crippen molar-refractivity contribution in [1.82, 2.24) is 15.2 Å². The van der Waals surface area contributed by atoms with Crippen molar-refractivity contribution >= 4 is 6.03 Å². The summed E-state index contributed by atoms with van der Waals surface area (Å²) in [6, 6.07) is 2.82. The van der Waals surface area contributed by atoms with Crippen LogP contribution in [0.5, 0.6) is 0 Å². The van der Waals surface area contributed by atoms with E-state index in [9.17, 15) is 18.0 Å². The van der Waals surface area contributed by atoms with Gasteiger partial charge in [-0.25, -0.2) is 4.79 Å². The van der Waals surface area contributed by atoms with Crippen molar-refractivity contribution in [2.45, 2.75) is 25.1 Å². The van der Waals surface area contributed by atoms with Crippen LogP contribution in [0.1, 0.15) is 24.6 Å². The molecule has 0 bridgehead atoms. The predicted molar refractivity (Wildman–Crippen MR) is 58.9 cm³/mol. The molecule has 1 aliphatic heterocycles. The molecule has 1 unspecified atom stereocenters. The molecule has 0 radical (unpaired) electrons. The number of nitrogens with one attached hydrogen (secondary N) is 2. The summed E-state index contributed by atoms with van der Waals surface area (Å²) >= 11 is 0. The highest BCUT2D eigenvalue weighted by atomic mass is 19.4. The molecule has 1 atom stereocenters. The van der Waals surface area contributed by atoms with E-state index in [1.165, 1.54) is 4.90 Å². The van der Waals surface area contributed by atoms with Crippen LogP contribution in [0.3, 0.4) is 0 Å². The molecular formula is C11H14F3N3O. The van der Waals surface area contributed by atoms with E-state index in [0.717, 1.165) is 18.5 Å². The number of urea groups is 1. The number of hydrogen-bond acceptors (Lipinski definition) is 1.